The van der Waals surface area contributed by atoms with Crippen LogP contribution in [0, 0.1) is 0 Å². The van der Waals surface area contributed by atoms with E-state index in [0.29, 0.717) is 39.1 Å². The number of likely N-dealkylation sites (N-methyl/N-ethyl adjacent to an activating group) is 1. The highest BCUT2D eigenvalue weighted by atomic mass is 16.6. The Bertz CT molecular complexity index is 1320. The number of anilines is 1. The van der Waals surface area contributed by atoms with Crippen LogP contribution in [0.15, 0.2) is 54.6 Å². The molecule has 0 atom stereocenters. The summed E-state index contributed by atoms with van der Waals surface area (Å²) in [5, 5.41) is 2.92. The van der Waals surface area contributed by atoms with Crippen molar-refractivity contribution in [3.8, 4) is 11.1 Å². The summed E-state index contributed by atoms with van der Waals surface area (Å²) in [5.41, 5.74) is 2.08. The molecule has 0 bridgehead atoms. The molecule has 0 aliphatic carbocycles. The lowest BCUT2D eigenvalue weighted by Gasteiger charge is -2.32. The summed E-state index contributed by atoms with van der Waals surface area (Å²) in [6, 6.07) is 17.6. The minimum atomic E-state index is -0.607. The second-order valence-corrected chi connectivity index (χ2v) is 13.5. The second-order valence-electron chi connectivity index (χ2n) is 13.5. The van der Waals surface area contributed by atoms with Gasteiger partial charge in [0.2, 0.25) is 5.91 Å². The molecule has 49 heavy (non-hydrogen) atoms. The van der Waals surface area contributed by atoms with E-state index in [4.69, 9.17) is 14.2 Å². The smallest absolute Gasteiger partial charge is 0.411 e. The average Bonchev–Trinajstić information content (AvgIpc) is 3.06. The zero-order valence-electron chi connectivity index (χ0n) is 30.1. The molecule has 1 N–H and O–H groups in total. The van der Waals surface area contributed by atoms with Crippen LogP contribution in [-0.4, -0.2) is 103 Å². The van der Waals surface area contributed by atoms with Gasteiger partial charge in [-0.1, -0.05) is 55.0 Å². The Morgan fingerprint density at radius 2 is 1.53 bits per heavy atom. The van der Waals surface area contributed by atoms with Crippen molar-refractivity contribution in [3.63, 3.8) is 0 Å². The molecule has 3 rings (SSSR count). The lowest BCUT2D eigenvalue weighted by molar-refractivity contribution is -0.143. The van der Waals surface area contributed by atoms with Gasteiger partial charge in [0.1, 0.15) is 11.7 Å². The molecule has 270 valence electrons. The number of rotatable bonds is 17. The molecule has 2 aromatic rings. The Morgan fingerprint density at radius 3 is 2.22 bits per heavy atom. The first-order chi connectivity index (χ1) is 23.4. The molecule has 0 unspecified atom stereocenters. The van der Waals surface area contributed by atoms with Gasteiger partial charge < -0.3 is 28.9 Å². The fraction of sp³-hybridized carbons (Fsp3) is 0.579. The molecule has 1 fully saturated rings. The van der Waals surface area contributed by atoms with Gasteiger partial charge in [0.25, 0.3) is 0 Å². The van der Waals surface area contributed by atoms with E-state index >= 15 is 0 Å². The van der Waals surface area contributed by atoms with Gasteiger partial charge in [-0.25, -0.2) is 9.59 Å². The molecule has 0 radical (unpaired) electrons. The molecule has 2 aromatic carbocycles. The summed E-state index contributed by atoms with van der Waals surface area (Å²) in [4.78, 5) is 55.7. The molecule has 1 aliphatic rings. The predicted octanol–water partition coefficient (Wildman–Crippen LogP) is 6.97. The van der Waals surface area contributed by atoms with Gasteiger partial charge >= 0.3 is 18.2 Å². The summed E-state index contributed by atoms with van der Waals surface area (Å²) in [7, 11) is 1.84. The Kier molecular flexibility index (Phi) is 16.4. The minimum Gasteiger partial charge on any atom is -0.466 e. The number of ether oxygens (including phenoxy) is 3. The average molecular weight is 681 g/mol. The van der Waals surface area contributed by atoms with Gasteiger partial charge in [-0.2, -0.15) is 0 Å². The van der Waals surface area contributed by atoms with Crippen molar-refractivity contribution in [2.45, 2.75) is 90.8 Å². The molecule has 11 heteroatoms. The number of amides is 3. The number of nitrogens with zero attached hydrogens (tertiary/aromatic N) is 3. The van der Waals surface area contributed by atoms with Crippen LogP contribution in [-0.2, 0) is 23.8 Å². The Balaban J connectivity index is 1.31. The van der Waals surface area contributed by atoms with E-state index in [1.165, 1.54) is 0 Å². The van der Waals surface area contributed by atoms with Gasteiger partial charge in [-0.3, -0.25) is 14.9 Å². The molecular weight excluding hydrogens is 624 g/mol. The number of para-hydroxylation sites is 1. The highest BCUT2D eigenvalue weighted by molar-refractivity contribution is 5.91. The van der Waals surface area contributed by atoms with Crippen molar-refractivity contribution in [1.29, 1.82) is 0 Å². The molecule has 3 amide bonds. The number of hydrogen-bond acceptors (Lipinski definition) is 8. The van der Waals surface area contributed by atoms with Crippen molar-refractivity contribution in [2.24, 2.45) is 0 Å². The van der Waals surface area contributed by atoms with Crippen molar-refractivity contribution >= 4 is 29.8 Å². The second kappa shape index (κ2) is 20.4. The Labute approximate surface area is 292 Å². The van der Waals surface area contributed by atoms with Crippen molar-refractivity contribution < 1.29 is 33.4 Å². The normalized spacial score (nSPS) is 13.7. The lowest BCUT2D eigenvalue weighted by Crippen LogP contribution is -2.42. The van der Waals surface area contributed by atoms with E-state index in [-0.39, 0.29) is 24.4 Å². The molecule has 0 saturated carbocycles. The number of esters is 1. The molecule has 1 aliphatic heterocycles. The van der Waals surface area contributed by atoms with Gasteiger partial charge in [0.15, 0.2) is 0 Å². The van der Waals surface area contributed by atoms with E-state index in [2.05, 4.69) is 10.2 Å². The SMILES string of the molecule is CCOC(=O)CCCN(CCCCCC(=O)N(C)CCN1CCC(OC(=O)Nc2ccccc2-c2ccccc2)CC1)C(=O)OC(C)(C)C. The van der Waals surface area contributed by atoms with E-state index < -0.39 is 17.8 Å². The fourth-order valence-corrected chi connectivity index (χ4v) is 5.63. The van der Waals surface area contributed by atoms with Crippen LogP contribution in [0.1, 0.15) is 79.1 Å². The van der Waals surface area contributed by atoms with E-state index in [0.717, 1.165) is 68.6 Å². The third-order valence-corrected chi connectivity index (χ3v) is 8.32. The molecule has 0 spiro atoms. The van der Waals surface area contributed by atoms with Gasteiger partial charge in [0, 0.05) is 64.7 Å². The lowest BCUT2D eigenvalue weighted by atomic mass is 10.0. The van der Waals surface area contributed by atoms with E-state index in [1.807, 2.05) is 82.4 Å². The largest absolute Gasteiger partial charge is 0.466 e. The standard InChI is InChI=1S/C38H56N4O7/c1-6-47-35(44)21-15-25-42(37(46)49-38(2,3)4)24-14-8-11-20-34(43)40(5)28-29-41-26-22-31(23-27-41)48-36(45)39-33-19-13-12-18-32(33)30-16-9-7-10-17-30/h7,9-10,12-13,16-19,31H,6,8,11,14-15,20-29H2,1-5H3,(H,39,45). The van der Waals surface area contributed by atoms with Gasteiger partial charge in [0.05, 0.1) is 12.3 Å². The van der Waals surface area contributed by atoms with Crippen molar-refractivity contribution in [2.75, 3.05) is 58.2 Å². The Hall–Kier alpha value is -4.12. The minimum absolute atomic E-state index is 0.101. The highest BCUT2D eigenvalue weighted by Crippen LogP contribution is 2.28. The first-order valence-electron chi connectivity index (χ1n) is 17.7. The summed E-state index contributed by atoms with van der Waals surface area (Å²) in [6.07, 6.45) is 3.98. The van der Waals surface area contributed by atoms with Crippen LogP contribution in [0.3, 0.4) is 0 Å². The maximum atomic E-state index is 12.8. The van der Waals surface area contributed by atoms with Crippen LogP contribution in [0.5, 0.6) is 0 Å². The fourth-order valence-electron chi connectivity index (χ4n) is 5.63. The molecule has 1 saturated heterocycles. The molecule has 11 nitrogen and oxygen atoms in total. The number of piperidine rings is 1. The maximum absolute atomic E-state index is 12.8. The highest BCUT2D eigenvalue weighted by Gasteiger charge is 2.24. The summed E-state index contributed by atoms with van der Waals surface area (Å²) in [5.74, 6) is -0.168. The third-order valence-electron chi connectivity index (χ3n) is 8.32. The van der Waals surface area contributed by atoms with Crippen LogP contribution in [0.25, 0.3) is 11.1 Å². The zero-order valence-corrected chi connectivity index (χ0v) is 30.1. The van der Waals surface area contributed by atoms with E-state index in [1.54, 1.807) is 16.7 Å². The first kappa shape index (κ1) is 39.3. The summed E-state index contributed by atoms with van der Waals surface area (Å²) < 4.78 is 16.3. The number of likely N-dealkylation sites (tertiary alicyclic amines) is 1. The monoisotopic (exact) mass is 680 g/mol. The summed E-state index contributed by atoms with van der Waals surface area (Å²) in [6.45, 7) is 11.5. The van der Waals surface area contributed by atoms with E-state index in [9.17, 15) is 19.2 Å². The number of unbranched alkanes of at least 4 members (excludes halogenated alkanes) is 2. The number of carbonyl (C=O) groups excluding carboxylic acids is 4. The van der Waals surface area contributed by atoms with Crippen LogP contribution in [0.4, 0.5) is 15.3 Å². The third kappa shape index (κ3) is 14.9. The molecule has 1 heterocycles. The topological polar surface area (TPSA) is 118 Å². The first-order valence-corrected chi connectivity index (χ1v) is 17.7. The maximum Gasteiger partial charge on any atom is 0.411 e. The van der Waals surface area contributed by atoms with Gasteiger partial charge in [-0.05, 0) is 71.4 Å². The zero-order chi connectivity index (χ0) is 35.6. The van der Waals surface area contributed by atoms with Crippen molar-refractivity contribution in [3.05, 3.63) is 54.6 Å². The number of nitrogens with one attached hydrogen (secondary N) is 1. The van der Waals surface area contributed by atoms with Crippen molar-refractivity contribution in [1.82, 2.24) is 14.7 Å². The van der Waals surface area contributed by atoms with Crippen LogP contribution < -0.4 is 5.32 Å². The molecular formula is C38H56N4O7. The molecule has 0 aromatic heterocycles. The van der Waals surface area contributed by atoms with Crippen LogP contribution in [0.2, 0.25) is 0 Å². The number of carbonyl (C=O) groups is 4. The predicted molar refractivity (Wildman–Crippen MR) is 191 cm³/mol. The number of benzene rings is 2. The quantitative estimate of drug-likeness (QED) is 0.108. The number of hydrogen-bond donors (Lipinski definition) is 1. The van der Waals surface area contributed by atoms with Gasteiger partial charge in [-0.15, -0.1) is 0 Å². The summed E-state index contributed by atoms with van der Waals surface area (Å²) >= 11 is 0. The Morgan fingerprint density at radius 1 is 0.857 bits per heavy atom. The van der Waals surface area contributed by atoms with Crippen LogP contribution >= 0.6 is 0 Å².